The lowest BCUT2D eigenvalue weighted by Gasteiger charge is -2.05. The van der Waals surface area contributed by atoms with Crippen LogP contribution in [0.5, 0.6) is 0 Å². The zero-order valence-electron chi connectivity index (χ0n) is 7.32. The maximum absolute atomic E-state index is 11.5. The molecule has 0 saturated heterocycles. The van der Waals surface area contributed by atoms with Gasteiger partial charge in [-0.1, -0.05) is 13.8 Å². The molecule has 0 aliphatic heterocycles. The summed E-state index contributed by atoms with van der Waals surface area (Å²) >= 11 is 0. The summed E-state index contributed by atoms with van der Waals surface area (Å²) in [5.74, 6) is 0.224. The summed E-state index contributed by atoms with van der Waals surface area (Å²) in [4.78, 5) is 11.5. The van der Waals surface area contributed by atoms with Gasteiger partial charge < -0.3 is 0 Å². The molecule has 1 atom stereocenters. The third-order valence-corrected chi connectivity index (χ3v) is 1.93. The molecular weight excluding hydrogens is 152 g/mol. The number of hydrogen-bond donors (Lipinski definition) is 0. The van der Waals surface area contributed by atoms with E-state index in [1.165, 1.54) is 12.4 Å². The van der Waals surface area contributed by atoms with Crippen molar-refractivity contribution in [3.63, 3.8) is 0 Å². The van der Waals surface area contributed by atoms with Crippen LogP contribution in [0.2, 0.25) is 0 Å². The molecule has 0 bridgehead atoms. The molecular formula is C9H12N2O. The minimum atomic E-state index is 0.0780. The van der Waals surface area contributed by atoms with Crippen molar-refractivity contribution >= 4 is 5.78 Å². The van der Waals surface area contributed by atoms with Crippen LogP contribution in [0.4, 0.5) is 0 Å². The average molecular weight is 164 g/mol. The molecule has 0 N–H and O–H groups in total. The van der Waals surface area contributed by atoms with Gasteiger partial charge in [0, 0.05) is 11.5 Å². The molecule has 1 aromatic rings. The third kappa shape index (κ3) is 1.87. The van der Waals surface area contributed by atoms with E-state index in [1.54, 1.807) is 6.07 Å². The van der Waals surface area contributed by atoms with Gasteiger partial charge in [0.1, 0.15) is 0 Å². The van der Waals surface area contributed by atoms with Gasteiger partial charge in [-0.15, -0.1) is 0 Å². The van der Waals surface area contributed by atoms with Gasteiger partial charge in [-0.05, 0) is 12.5 Å². The van der Waals surface area contributed by atoms with Crippen LogP contribution in [-0.4, -0.2) is 16.0 Å². The highest BCUT2D eigenvalue weighted by Gasteiger charge is 2.12. The summed E-state index contributed by atoms with van der Waals surface area (Å²) in [6.45, 7) is 3.92. The molecule has 0 radical (unpaired) electrons. The monoisotopic (exact) mass is 164 g/mol. The maximum atomic E-state index is 11.5. The van der Waals surface area contributed by atoms with Crippen molar-refractivity contribution in [1.29, 1.82) is 0 Å². The molecule has 1 unspecified atom stereocenters. The number of hydrogen-bond acceptors (Lipinski definition) is 3. The van der Waals surface area contributed by atoms with E-state index in [-0.39, 0.29) is 11.7 Å². The van der Waals surface area contributed by atoms with Crippen LogP contribution in [0.3, 0.4) is 0 Å². The molecule has 1 rings (SSSR count). The van der Waals surface area contributed by atoms with Crippen molar-refractivity contribution in [1.82, 2.24) is 10.2 Å². The fraction of sp³-hybridized carbons (Fsp3) is 0.444. The Morgan fingerprint density at radius 1 is 1.58 bits per heavy atom. The lowest BCUT2D eigenvalue weighted by Crippen LogP contribution is -2.10. The molecule has 64 valence electrons. The van der Waals surface area contributed by atoms with Crippen molar-refractivity contribution in [3.05, 3.63) is 24.0 Å². The molecule has 0 amide bonds. The molecule has 0 fully saturated rings. The van der Waals surface area contributed by atoms with Crippen molar-refractivity contribution in [3.8, 4) is 0 Å². The van der Waals surface area contributed by atoms with Gasteiger partial charge in [0.2, 0.25) is 0 Å². The lowest BCUT2D eigenvalue weighted by atomic mass is 9.99. The summed E-state index contributed by atoms with van der Waals surface area (Å²) in [5, 5.41) is 7.26. The van der Waals surface area contributed by atoms with Crippen LogP contribution >= 0.6 is 0 Å². The normalized spacial score (nSPS) is 12.5. The van der Waals surface area contributed by atoms with Gasteiger partial charge in [0.05, 0.1) is 12.4 Å². The number of carbonyl (C=O) groups excluding carboxylic acids is 1. The third-order valence-electron chi connectivity index (χ3n) is 1.93. The van der Waals surface area contributed by atoms with Gasteiger partial charge in [0.25, 0.3) is 0 Å². The second kappa shape index (κ2) is 3.95. The van der Waals surface area contributed by atoms with Gasteiger partial charge >= 0.3 is 0 Å². The van der Waals surface area contributed by atoms with Crippen LogP contribution in [0.15, 0.2) is 18.5 Å². The first-order chi connectivity index (χ1) is 5.75. The van der Waals surface area contributed by atoms with Gasteiger partial charge in [-0.3, -0.25) is 4.79 Å². The minimum Gasteiger partial charge on any atom is -0.294 e. The van der Waals surface area contributed by atoms with Crippen LogP contribution in [0, 0.1) is 5.92 Å². The Morgan fingerprint density at radius 2 is 2.33 bits per heavy atom. The number of aromatic nitrogens is 2. The number of ketones is 1. The number of rotatable bonds is 3. The molecule has 0 aliphatic carbocycles. The SMILES string of the molecule is CCC(C)C(=O)c1ccnnc1. The zero-order valence-corrected chi connectivity index (χ0v) is 7.32. The maximum Gasteiger partial charge on any atom is 0.167 e. The molecule has 1 heterocycles. The van der Waals surface area contributed by atoms with E-state index in [1.807, 2.05) is 13.8 Å². The summed E-state index contributed by atoms with van der Waals surface area (Å²) in [7, 11) is 0. The number of carbonyl (C=O) groups is 1. The van der Waals surface area contributed by atoms with Crippen LogP contribution in [0.1, 0.15) is 30.6 Å². The molecule has 0 aromatic carbocycles. The first-order valence-electron chi connectivity index (χ1n) is 4.06. The van der Waals surface area contributed by atoms with E-state index in [2.05, 4.69) is 10.2 Å². The molecule has 0 spiro atoms. The fourth-order valence-corrected chi connectivity index (χ4v) is 0.906. The van der Waals surface area contributed by atoms with Crippen molar-refractivity contribution in [2.24, 2.45) is 5.92 Å². The van der Waals surface area contributed by atoms with E-state index in [9.17, 15) is 4.79 Å². The van der Waals surface area contributed by atoms with Crippen LogP contribution < -0.4 is 0 Å². The predicted octanol–water partition coefficient (Wildman–Crippen LogP) is 1.71. The molecule has 3 nitrogen and oxygen atoms in total. The van der Waals surface area contributed by atoms with Crippen LogP contribution in [0.25, 0.3) is 0 Å². The molecule has 0 saturated carbocycles. The molecule has 12 heavy (non-hydrogen) atoms. The van der Waals surface area contributed by atoms with Crippen LogP contribution in [-0.2, 0) is 0 Å². The van der Waals surface area contributed by atoms with Crippen molar-refractivity contribution in [2.75, 3.05) is 0 Å². The first kappa shape index (κ1) is 8.84. The summed E-state index contributed by atoms with van der Waals surface area (Å²) in [6, 6.07) is 1.70. The summed E-state index contributed by atoms with van der Waals surface area (Å²) < 4.78 is 0. The largest absolute Gasteiger partial charge is 0.294 e. The number of Topliss-reactive ketones (excluding diaryl/α,β-unsaturated/α-hetero) is 1. The Morgan fingerprint density at radius 3 is 2.83 bits per heavy atom. The molecule has 0 aliphatic rings. The van der Waals surface area contributed by atoms with Crippen molar-refractivity contribution < 1.29 is 4.79 Å². The van der Waals surface area contributed by atoms with Gasteiger partial charge in [-0.2, -0.15) is 10.2 Å². The second-order valence-electron chi connectivity index (χ2n) is 2.80. The number of nitrogens with zero attached hydrogens (tertiary/aromatic N) is 2. The molecule has 1 aromatic heterocycles. The highest BCUT2D eigenvalue weighted by Crippen LogP contribution is 2.09. The smallest absolute Gasteiger partial charge is 0.167 e. The van der Waals surface area contributed by atoms with Crippen molar-refractivity contribution in [2.45, 2.75) is 20.3 Å². The Labute approximate surface area is 71.8 Å². The Kier molecular flexibility index (Phi) is 2.91. The summed E-state index contributed by atoms with van der Waals surface area (Å²) in [5.41, 5.74) is 0.652. The van der Waals surface area contributed by atoms with E-state index in [0.717, 1.165) is 6.42 Å². The van der Waals surface area contributed by atoms with E-state index in [0.29, 0.717) is 5.56 Å². The minimum absolute atomic E-state index is 0.0780. The van der Waals surface area contributed by atoms with Gasteiger partial charge in [-0.25, -0.2) is 0 Å². The molecule has 3 heteroatoms. The standard InChI is InChI=1S/C9H12N2O/c1-3-7(2)9(12)8-4-5-10-11-6-8/h4-7H,3H2,1-2H3. The highest BCUT2D eigenvalue weighted by atomic mass is 16.1. The highest BCUT2D eigenvalue weighted by molar-refractivity contribution is 5.97. The summed E-state index contributed by atoms with van der Waals surface area (Å²) in [6.07, 6.45) is 3.91. The quantitative estimate of drug-likeness (QED) is 0.638. The van der Waals surface area contributed by atoms with E-state index >= 15 is 0 Å². The average Bonchev–Trinajstić information content (AvgIpc) is 2.17. The second-order valence-corrected chi connectivity index (χ2v) is 2.80. The Hall–Kier alpha value is -1.25. The lowest BCUT2D eigenvalue weighted by molar-refractivity contribution is 0.0926. The zero-order chi connectivity index (χ0) is 8.97. The van der Waals surface area contributed by atoms with E-state index in [4.69, 9.17) is 0 Å². The Bertz CT molecular complexity index is 258. The Balaban J connectivity index is 2.79. The first-order valence-corrected chi connectivity index (χ1v) is 4.06. The predicted molar refractivity (Wildman–Crippen MR) is 45.8 cm³/mol. The topological polar surface area (TPSA) is 42.9 Å². The van der Waals surface area contributed by atoms with Gasteiger partial charge in [0.15, 0.2) is 5.78 Å². The fourth-order valence-electron chi connectivity index (χ4n) is 0.906. The van der Waals surface area contributed by atoms with E-state index < -0.39 is 0 Å².